The Morgan fingerprint density at radius 3 is 2.55 bits per heavy atom. The SMILES string of the molecule is CN=C(NCCSCc1ccc(C)cc1)NC1CC=CC1.I. The number of aryl methyl sites for hydroxylation is 1. The van der Waals surface area contributed by atoms with Crippen LogP contribution < -0.4 is 10.6 Å². The van der Waals surface area contributed by atoms with Gasteiger partial charge >= 0.3 is 0 Å². The number of nitrogens with one attached hydrogen (secondary N) is 2. The first kappa shape index (κ1) is 19.4. The van der Waals surface area contributed by atoms with Crippen molar-refractivity contribution in [1.82, 2.24) is 10.6 Å². The van der Waals surface area contributed by atoms with Crippen LogP contribution in [-0.2, 0) is 5.75 Å². The van der Waals surface area contributed by atoms with Crippen molar-refractivity contribution in [3.05, 3.63) is 47.5 Å². The van der Waals surface area contributed by atoms with E-state index in [1.54, 1.807) is 0 Å². The summed E-state index contributed by atoms with van der Waals surface area (Å²) in [5.74, 6) is 3.07. The maximum atomic E-state index is 4.27. The minimum Gasteiger partial charge on any atom is -0.356 e. The number of hydrogen-bond donors (Lipinski definition) is 2. The largest absolute Gasteiger partial charge is 0.356 e. The smallest absolute Gasteiger partial charge is 0.191 e. The molecule has 0 radical (unpaired) electrons. The lowest BCUT2D eigenvalue weighted by atomic mass is 10.2. The van der Waals surface area contributed by atoms with Gasteiger partial charge in [-0.15, -0.1) is 24.0 Å². The van der Waals surface area contributed by atoms with Gasteiger partial charge in [-0.25, -0.2) is 0 Å². The van der Waals surface area contributed by atoms with Crippen LogP contribution in [0, 0.1) is 6.92 Å². The number of hydrogen-bond acceptors (Lipinski definition) is 2. The Bertz CT molecular complexity index is 477. The Morgan fingerprint density at radius 1 is 1.23 bits per heavy atom. The quantitative estimate of drug-likeness (QED) is 0.237. The lowest BCUT2D eigenvalue weighted by Gasteiger charge is -2.16. The van der Waals surface area contributed by atoms with Gasteiger partial charge in [-0.3, -0.25) is 4.99 Å². The maximum Gasteiger partial charge on any atom is 0.191 e. The summed E-state index contributed by atoms with van der Waals surface area (Å²) in [5, 5.41) is 6.83. The third kappa shape index (κ3) is 7.05. The molecule has 0 atom stereocenters. The summed E-state index contributed by atoms with van der Waals surface area (Å²) in [7, 11) is 1.83. The van der Waals surface area contributed by atoms with E-state index in [0.29, 0.717) is 6.04 Å². The van der Waals surface area contributed by atoms with E-state index >= 15 is 0 Å². The predicted molar refractivity (Wildman–Crippen MR) is 109 cm³/mol. The minimum atomic E-state index is 0. The van der Waals surface area contributed by atoms with Crippen molar-refractivity contribution in [2.24, 2.45) is 4.99 Å². The molecule has 0 spiro atoms. The lowest BCUT2D eigenvalue weighted by Crippen LogP contribution is -2.43. The van der Waals surface area contributed by atoms with Crippen LogP contribution in [0.4, 0.5) is 0 Å². The molecular formula is C17H26IN3S. The van der Waals surface area contributed by atoms with Crippen molar-refractivity contribution < 1.29 is 0 Å². The van der Waals surface area contributed by atoms with Crippen LogP contribution in [0.25, 0.3) is 0 Å². The monoisotopic (exact) mass is 431 g/mol. The van der Waals surface area contributed by atoms with Gasteiger partial charge in [-0.1, -0.05) is 42.0 Å². The second-order valence-corrected chi connectivity index (χ2v) is 6.43. The molecule has 0 aliphatic heterocycles. The Balaban J connectivity index is 0.00000242. The van der Waals surface area contributed by atoms with Crippen LogP contribution in [0.2, 0.25) is 0 Å². The lowest BCUT2D eigenvalue weighted by molar-refractivity contribution is 0.636. The van der Waals surface area contributed by atoms with Crippen LogP contribution in [0.1, 0.15) is 24.0 Å². The number of benzene rings is 1. The molecule has 2 N–H and O–H groups in total. The van der Waals surface area contributed by atoms with Crippen molar-refractivity contribution in [3.8, 4) is 0 Å². The van der Waals surface area contributed by atoms with Gasteiger partial charge in [-0.05, 0) is 25.3 Å². The molecule has 0 saturated heterocycles. The first-order valence-electron chi connectivity index (χ1n) is 7.53. The Morgan fingerprint density at radius 2 is 1.91 bits per heavy atom. The molecule has 1 aliphatic carbocycles. The molecule has 3 nitrogen and oxygen atoms in total. The zero-order chi connectivity index (χ0) is 14.9. The molecule has 122 valence electrons. The number of thioether (sulfide) groups is 1. The highest BCUT2D eigenvalue weighted by Crippen LogP contribution is 2.12. The molecular weight excluding hydrogens is 405 g/mol. The van der Waals surface area contributed by atoms with E-state index in [1.165, 1.54) is 11.1 Å². The molecule has 1 aliphatic rings. The van der Waals surface area contributed by atoms with Gasteiger partial charge in [0.05, 0.1) is 0 Å². The van der Waals surface area contributed by atoms with Gasteiger partial charge in [0.25, 0.3) is 0 Å². The maximum absolute atomic E-state index is 4.27. The van der Waals surface area contributed by atoms with E-state index in [1.807, 2.05) is 18.8 Å². The summed E-state index contributed by atoms with van der Waals surface area (Å²) in [4.78, 5) is 4.27. The molecule has 0 bridgehead atoms. The Kier molecular flexibility index (Phi) is 9.63. The van der Waals surface area contributed by atoms with Crippen LogP contribution in [-0.4, -0.2) is 31.3 Å². The summed E-state index contributed by atoms with van der Waals surface area (Å²) in [6.45, 7) is 3.07. The van der Waals surface area contributed by atoms with Crippen molar-refractivity contribution in [1.29, 1.82) is 0 Å². The van der Waals surface area contributed by atoms with Gasteiger partial charge in [0.15, 0.2) is 5.96 Å². The zero-order valence-corrected chi connectivity index (χ0v) is 16.5. The summed E-state index contributed by atoms with van der Waals surface area (Å²) >= 11 is 1.95. The number of rotatable bonds is 6. The van der Waals surface area contributed by atoms with Gasteiger partial charge in [0.1, 0.15) is 0 Å². The summed E-state index contributed by atoms with van der Waals surface area (Å²) in [6.07, 6.45) is 6.65. The van der Waals surface area contributed by atoms with Crippen LogP contribution in [0.5, 0.6) is 0 Å². The van der Waals surface area contributed by atoms with Gasteiger partial charge in [-0.2, -0.15) is 11.8 Å². The van der Waals surface area contributed by atoms with Crippen molar-refractivity contribution in [2.45, 2.75) is 31.6 Å². The molecule has 1 aromatic carbocycles. The molecule has 2 rings (SSSR count). The molecule has 0 amide bonds. The van der Waals surface area contributed by atoms with Gasteiger partial charge < -0.3 is 10.6 Å². The first-order valence-corrected chi connectivity index (χ1v) is 8.69. The normalized spacial score (nSPS) is 14.7. The van der Waals surface area contributed by atoms with Gasteiger partial charge in [0, 0.05) is 31.1 Å². The summed E-state index contributed by atoms with van der Waals surface area (Å²) in [5.41, 5.74) is 2.71. The summed E-state index contributed by atoms with van der Waals surface area (Å²) < 4.78 is 0. The van der Waals surface area contributed by atoms with Gasteiger partial charge in [0.2, 0.25) is 0 Å². The van der Waals surface area contributed by atoms with Crippen molar-refractivity contribution in [2.75, 3.05) is 19.3 Å². The molecule has 0 heterocycles. The van der Waals surface area contributed by atoms with E-state index in [9.17, 15) is 0 Å². The zero-order valence-electron chi connectivity index (χ0n) is 13.3. The van der Waals surface area contributed by atoms with E-state index in [2.05, 4.69) is 59.0 Å². The highest BCUT2D eigenvalue weighted by Gasteiger charge is 2.10. The predicted octanol–water partition coefficient (Wildman–Crippen LogP) is 3.73. The van der Waals surface area contributed by atoms with E-state index in [0.717, 1.165) is 36.9 Å². The minimum absolute atomic E-state index is 0. The van der Waals surface area contributed by atoms with Crippen LogP contribution >= 0.6 is 35.7 Å². The average Bonchev–Trinajstić information content (AvgIpc) is 3.00. The van der Waals surface area contributed by atoms with E-state index < -0.39 is 0 Å². The number of guanidine groups is 1. The molecule has 0 fully saturated rings. The fourth-order valence-corrected chi connectivity index (χ4v) is 3.06. The highest BCUT2D eigenvalue weighted by molar-refractivity contribution is 14.0. The third-order valence-electron chi connectivity index (χ3n) is 3.50. The molecule has 0 aromatic heterocycles. The number of nitrogens with zero attached hydrogens (tertiary/aromatic N) is 1. The van der Waals surface area contributed by atoms with Crippen LogP contribution in [0.15, 0.2) is 41.4 Å². The average molecular weight is 431 g/mol. The number of aliphatic imine (C=N–C) groups is 1. The second-order valence-electron chi connectivity index (χ2n) is 5.32. The van der Waals surface area contributed by atoms with E-state index in [4.69, 9.17) is 0 Å². The fraction of sp³-hybridized carbons (Fsp3) is 0.471. The number of halogens is 1. The summed E-state index contributed by atoms with van der Waals surface area (Å²) in [6, 6.07) is 9.29. The van der Waals surface area contributed by atoms with Crippen LogP contribution in [0.3, 0.4) is 0 Å². The van der Waals surface area contributed by atoms with E-state index in [-0.39, 0.29) is 24.0 Å². The molecule has 5 heteroatoms. The topological polar surface area (TPSA) is 36.4 Å². The highest BCUT2D eigenvalue weighted by atomic mass is 127. The first-order chi connectivity index (χ1) is 10.3. The molecule has 1 aromatic rings. The second kappa shape index (κ2) is 10.9. The Labute approximate surface area is 155 Å². The fourth-order valence-electron chi connectivity index (χ4n) is 2.24. The molecule has 0 saturated carbocycles. The molecule has 0 unspecified atom stereocenters. The van der Waals surface area contributed by atoms with Crippen molar-refractivity contribution >= 4 is 41.7 Å². The third-order valence-corrected chi connectivity index (χ3v) is 4.53. The van der Waals surface area contributed by atoms with Crippen molar-refractivity contribution in [3.63, 3.8) is 0 Å². The Hall–Kier alpha value is -0.690. The standard InChI is InChI=1S/C17H25N3S.HI/c1-14-7-9-15(10-8-14)13-21-12-11-19-17(18-2)20-16-5-3-4-6-16;/h3-4,7-10,16H,5-6,11-13H2,1-2H3,(H2,18,19,20);1H. The molecule has 22 heavy (non-hydrogen) atoms.